The minimum atomic E-state index is 0.146. The zero-order chi connectivity index (χ0) is 11.7. The lowest BCUT2D eigenvalue weighted by Crippen LogP contribution is -2.08. The molecule has 0 aliphatic heterocycles. The van der Waals surface area contributed by atoms with Gasteiger partial charge in [-0.15, -0.1) is 0 Å². The van der Waals surface area contributed by atoms with Crippen LogP contribution in [0.15, 0.2) is 30.5 Å². The van der Waals surface area contributed by atoms with Crippen molar-refractivity contribution >= 4 is 23.8 Å². The van der Waals surface area contributed by atoms with Crippen LogP contribution in [0, 0.1) is 11.7 Å². The molecule has 4 heteroatoms. The van der Waals surface area contributed by atoms with Gasteiger partial charge in [0.05, 0.1) is 6.04 Å². The van der Waals surface area contributed by atoms with Crippen LogP contribution in [0.25, 0.3) is 0 Å². The Balaban J connectivity index is 2.51. The van der Waals surface area contributed by atoms with Crippen LogP contribution in [0.5, 0.6) is 0 Å². The Kier molecular flexibility index (Phi) is 3.17. The standard InChI is InChI=1S/C12H13ClN2S/c1-8-7-14-12(16)15(8)9(2)10-5-3-4-6-11(10)13/h3-7,9H,1-2H3,(H,14,16). The zero-order valence-corrected chi connectivity index (χ0v) is 10.8. The van der Waals surface area contributed by atoms with E-state index in [-0.39, 0.29) is 6.04 Å². The summed E-state index contributed by atoms with van der Waals surface area (Å²) in [6.07, 6.45) is 1.91. The largest absolute Gasteiger partial charge is 0.337 e. The SMILES string of the molecule is Cc1c[nH]c(=S)n1C(C)c1ccccc1Cl. The number of halogens is 1. The van der Waals surface area contributed by atoms with Crippen LogP contribution in [0.3, 0.4) is 0 Å². The summed E-state index contributed by atoms with van der Waals surface area (Å²) in [7, 11) is 0. The normalized spacial score (nSPS) is 12.7. The summed E-state index contributed by atoms with van der Waals surface area (Å²) in [5.41, 5.74) is 2.19. The molecule has 1 unspecified atom stereocenters. The van der Waals surface area contributed by atoms with E-state index in [1.54, 1.807) is 0 Å². The van der Waals surface area contributed by atoms with Gasteiger partial charge >= 0.3 is 0 Å². The Morgan fingerprint density at radius 2 is 2.06 bits per heavy atom. The number of aryl methyl sites for hydroxylation is 1. The van der Waals surface area contributed by atoms with Crippen molar-refractivity contribution in [3.8, 4) is 0 Å². The molecule has 16 heavy (non-hydrogen) atoms. The van der Waals surface area contributed by atoms with E-state index >= 15 is 0 Å². The number of nitrogens with zero attached hydrogens (tertiary/aromatic N) is 1. The molecule has 1 N–H and O–H groups in total. The van der Waals surface area contributed by atoms with Crippen LogP contribution in [-0.2, 0) is 0 Å². The predicted octanol–water partition coefficient (Wildman–Crippen LogP) is 4.12. The quantitative estimate of drug-likeness (QED) is 0.798. The maximum absolute atomic E-state index is 6.18. The molecule has 0 amide bonds. The molecule has 1 heterocycles. The molecule has 84 valence electrons. The van der Waals surface area contributed by atoms with Gasteiger partial charge in [0.15, 0.2) is 4.77 Å². The number of rotatable bonds is 2. The highest BCUT2D eigenvalue weighted by molar-refractivity contribution is 7.71. The lowest BCUT2D eigenvalue weighted by Gasteiger charge is -2.17. The van der Waals surface area contributed by atoms with Crippen molar-refractivity contribution in [2.75, 3.05) is 0 Å². The second-order valence-corrected chi connectivity index (χ2v) is 4.60. The van der Waals surface area contributed by atoms with E-state index in [1.807, 2.05) is 37.4 Å². The van der Waals surface area contributed by atoms with Crippen molar-refractivity contribution < 1.29 is 0 Å². The summed E-state index contributed by atoms with van der Waals surface area (Å²) >= 11 is 11.4. The third kappa shape index (κ3) is 1.93. The van der Waals surface area contributed by atoms with Crippen LogP contribution in [0.2, 0.25) is 5.02 Å². The van der Waals surface area contributed by atoms with Crippen LogP contribution < -0.4 is 0 Å². The molecule has 2 nitrogen and oxygen atoms in total. The van der Waals surface area contributed by atoms with E-state index in [0.29, 0.717) is 0 Å². The number of aromatic nitrogens is 2. The van der Waals surface area contributed by atoms with E-state index < -0.39 is 0 Å². The molecule has 2 rings (SSSR count). The Hall–Kier alpha value is -1.06. The smallest absolute Gasteiger partial charge is 0.177 e. The average molecular weight is 253 g/mol. The number of H-pyrrole nitrogens is 1. The summed E-state index contributed by atoms with van der Waals surface area (Å²) in [5.74, 6) is 0. The van der Waals surface area contributed by atoms with Gasteiger partial charge in [0, 0.05) is 16.9 Å². The molecule has 0 aliphatic carbocycles. The van der Waals surface area contributed by atoms with Gasteiger partial charge in [-0.2, -0.15) is 0 Å². The second-order valence-electron chi connectivity index (χ2n) is 3.80. The fraction of sp³-hybridized carbons (Fsp3) is 0.250. The van der Waals surface area contributed by atoms with Crippen LogP contribution >= 0.6 is 23.8 Å². The molecule has 0 aliphatic rings. The number of hydrogen-bond donors (Lipinski definition) is 1. The second kappa shape index (κ2) is 4.44. The first-order valence-electron chi connectivity index (χ1n) is 5.12. The maximum Gasteiger partial charge on any atom is 0.177 e. The van der Waals surface area contributed by atoms with E-state index in [0.717, 1.165) is 21.1 Å². The molecule has 0 spiro atoms. The summed E-state index contributed by atoms with van der Waals surface area (Å²) in [4.78, 5) is 3.04. The molecule has 0 radical (unpaired) electrons. The molecule has 0 saturated heterocycles. The molecule has 0 bridgehead atoms. The van der Waals surface area contributed by atoms with Gasteiger partial charge in [-0.25, -0.2) is 0 Å². The number of aromatic amines is 1. The highest BCUT2D eigenvalue weighted by Crippen LogP contribution is 2.26. The summed E-state index contributed by atoms with van der Waals surface area (Å²) < 4.78 is 2.79. The number of hydrogen-bond acceptors (Lipinski definition) is 1. The average Bonchev–Trinajstić information content (AvgIpc) is 2.58. The van der Waals surface area contributed by atoms with Crippen molar-refractivity contribution in [1.82, 2.24) is 9.55 Å². The van der Waals surface area contributed by atoms with E-state index in [4.69, 9.17) is 23.8 Å². The Morgan fingerprint density at radius 1 is 1.38 bits per heavy atom. The summed E-state index contributed by atoms with van der Waals surface area (Å²) in [6, 6.07) is 8.00. The van der Waals surface area contributed by atoms with Gasteiger partial charge in [-0.05, 0) is 37.7 Å². The number of benzene rings is 1. The van der Waals surface area contributed by atoms with Crippen molar-refractivity contribution in [2.24, 2.45) is 0 Å². The molecule has 1 aromatic carbocycles. The van der Waals surface area contributed by atoms with Gasteiger partial charge in [-0.3, -0.25) is 0 Å². The summed E-state index contributed by atoms with van der Waals surface area (Å²) in [6.45, 7) is 4.12. The highest BCUT2D eigenvalue weighted by atomic mass is 35.5. The monoisotopic (exact) mass is 252 g/mol. The summed E-state index contributed by atoms with van der Waals surface area (Å²) in [5, 5.41) is 0.775. The highest BCUT2D eigenvalue weighted by Gasteiger charge is 2.13. The van der Waals surface area contributed by atoms with E-state index in [9.17, 15) is 0 Å². The molecule has 0 saturated carbocycles. The first kappa shape index (κ1) is 11.4. The fourth-order valence-corrected chi connectivity index (χ4v) is 2.55. The van der Waals surface area contributed by atoms with Crippen molar-refractivity contribution in [3.63, 3.8) is 0 Å². The predicted molar refractivity (Wildman–Crippen MR) is 69.6 cm³/mol. The van der Waals surface area contributed by atoms with Crippen molar-refractivity contribution in [2.45, 2.75) is 19.9 Å². The first-order valence-corrected chi connectivity index (χ1v) is 5.91. The first-order chi connectivity index (χ1) is 7.61. The minimum absolute atomic E-state index is 0.146. The van der Waals surface area contributed by atoms with Crippen LogP contribution in [-0.4, -0.2) is 9.55 Å². The lowest BCUT2D eigenvalue weighted by molar-refractivity contribution is 0.615. The zero-order valence-electron chi connectivity index (χ0n) is 9.20. The number of nitrogens with one attached hydrogen (secondary N) is 1. The van der Waals surface area contributed by atoms with Crippen molar-refractivity contribution in [3.05, 3.63) is 51.5 Å². The van der Waals surface area contributed by atoms with Crippen molar-refractivity contribution in [1.29, 1.82) is 0 Å². The molecule has 2 aromatic rings. The molecular formula is C12H13ClN2S. The van der Waals surface area contributed by atoms with Gasteiger partial charge in [0.1, 0.15) is 0 Å². The topological polar surface area (TPSA) is 20.7 Å². The lowest BCUT2D eigenvalue weighted by atomic mass is 10.1. The van der Waals surface area contributed by atoms with Gasteiger partial charge in [0.25, 0.3) is 0 Å². The van der Waals surface area contributed by atoms with Gasteiger partial charge in [-0.1, -0.05) is 29.8 Å². The number of imidazole rings is 1. The third-order valence-electron chi connectivity index (χ3n) is 2.75. The Bertz CT molecular complexity index is 556. The van der Waals surface area contributed by atoms with E-state index in [2.05, 4.69) is 16.5 Å². The van der Waals surface area contributed by atoms with Gasteiger partial charge < -0.3 is 9.55 Å². The van der Waals surface area contributed by atoms with Crippen LogP contribution in [0.1, 0.15) is 24.2 Å². The molecule has 0 fully saturated rings. The van der Waals surface area contributed by atoms with Gasteiger partial charge in [0.2, 0.25) is 0 Å². The maximum atomic E-state index is 6.18. The minimum Gasteiger partial charge on any atom is -0.337 e. The van der Waals surface area contributed by atoms with E-state index in [1.165, 1.54) is 0 Å². The molecule has 1 atom stereocenters. The Labute approximate surface area is 105 Å². The fourth-order valence-electron chi connectivity index (χ4n) is 1.90. The molecular weight excluding hydrogens is 240 g/mol. The molecule has 1 aromatic heterocycles. The van der Waals surface area contributed by atoms with Crippen LogP contribution in [0.4, 0.5) is 0 Å². The third-order valence-corrected chi connectivity index (χ3v) is 3.40. The Morgan fingerprint density at radius 3 is 2.62 bits per heavy atom.